The van der Waals surface area contributed by atoms with E-state index in [9.17, 15) is 0 Å². The minimum atomic E-state index is 0.228. The van der Waals surface area contributed by atoms with Crippen molar-refractivity contribution in [1.29, 1.82) is 0 Å². The molecule has 0 spiro atoms. The Balaban J connectivity index is 1.95. The fraction of sp³-hybridized carbons (Fsp3) is 0.900. The molecule has 3 N–H and O–H groups in total. The molecular formula is C10H20N4O. The number of piperidine rings is 1. The molecule has 2 aliphatic rings. The van der Waals surface area contributed by atoms with Crippen LogP contribution in [0.2, 0.25) is 0 Å². The summed E-state index contributed by atoms with van der Waals surface area (Å²) in [5.41, 5.74) is 9.00. The number of hydrogen-bond acceptors (Lipinski definition) is 5. The summed E-state index contributed by atoms with van der Waals surface area (Å²) in [5.74, 6) is 0.963. The van der Waals surface area contributed by atoms with Crippen LogP contribution in [0, 0.1) is 5.41 Å². The second kappa shape index (κ2) is 4.47. The van der Waals surface area contributed by atoms with Gasteiger partial charge < -0.3 is 10.6 Å². The second-order valence-corrected chi connectivity index (χ2v) is 4.66. The molecule has 0 atom stereocenters. The molecule has 86 valence electrons. The number of rotatable bonds is 3. The predicted molar refractivity (Wildman–Crippen MR) is 59.4 cm³/mol. The zero-order valence-electron chi connectivity index (χ0n) is 9.33. The average Bonchev–Trinajstić information content (AvgIpc) is 2.75. The molecule has 5 nitrogen and oxygen atoms in total. The maximum atomic E-state index is 5.92. The van der Waals surface area contributed by atoms with Gasteiger partial charge in [-0.25, -0.2) is 4.99 Å². The molecular weight excluding hydrogens is 192 g/mol. The van der Waals surface area contributed by atoms with Gasteiger partial charge in [0.2, 0.25) is 0 Å². The molecule has 1 fully saturated rings. The summed E-state index contributed by atoms with van der Waals surface area (Å²) in [6, 6.07) is 0. The Bertz CT molecular complexity index is 246. The van der Waals surface area contributed by atoms with Gasteiger partial charge in [0.05, 0.1) is 0 Å². The minimum absolute atomic E-state index is 0.228. The highest BCUT2D eigenvalue weighted by atomic mass is 16.7. The quantitative estimate of drug-likeness (QED) is 0.688. The van der Waals surface area contributed by atoms with Crippen LogP contribution in [0.5, 0.6) is 0 Å². The Morgan fingerprint density at radius 3 is 2.80 bits per heavy atom. The summed E-state index contributed by atoms with van der Waals surface area (Å²) in [6.07, 6.45) is 3.23. The van der Waals surface area contributed by atoms with Crippen molar-refractivity contribution in [3.63, 3.8) is 0 Å². The molecule has 0 amide bonds. The minimum Gasteiger partial charge on any atom is -0.330 e. The first-order chi connectivity index (χ1) is 7.24. The highest BCUT2D eigenvalue weighted by molar-refractivity contribution is 5.82. The molecule has 0 aromatic rings. The van der Waals surface area contributed by atoms with Gasteiger partial charge >= 0.3 is 0 Å². The lowest BCUT2D eigenvalue weighted by Gasteiger charge is -2.39. The maximum absolute atomic E-state index is 5.92. The molecule has 2 heterocycles. The normalized spacial score (nSPS) is 26.1. The van der Waals surface area contributed by atoms with Gasteiger partial charge in [0.1, 0.15) is 5.84 Å². The SMILES string of the molecule is CN1CCC(CN)(CC2=NCON2)CC1. The van der Waals surface area contributed by atoms with Gasteiger partial charge in [-0.15, -0.1) is 0 Å². The van der Waals surface area contributed by atoms with Gasteiger partial charge in [0.15, 0.2) is 6.73 Å². The van der Waals surface area contributed by atoms with Crippen LogP contribution in [-0.4, -0.2) is 44.1 Å². The Labute approximate surface area is 90.6 Å². The standard InChI is InChI=1S/C10H20N4O/c1-14-4-2-10(7-11,3-5-14)6-9-12-8-15-13-9/h2-8,11H2,1H3,(H,12,13). The van der Waals surface area contributed by atoms with Gasteiger partial charge in [-0.2, -0.15) is 0 Å². The fourth-order valence-electron chi connectivity index (χ4n) is 2.25. The number of nitrogens with zero attached hydrogens (tertiary/aromatic N) is 2. The Kier molecular flexibility index (Phi) is 3.23. The third-order valence-corrected chi connectivity index (χ3v) is 3.53. The summed E-state index contributed by atoms with van der Waals surface area (Å²) in [6.45, 7) is 3.44. The molecule has 0 radical (unpaired) electrons. The highest BCUT2D eigenvalue weighted by Gasteiger charge is 2.34. The van der Waals surface area contributed by atoms with E-state index in [0.29, 0.717) is 6.73 Å². The number of amidine groups is 1. The Morgan fingerprint density at radius 2 is 2.27 bits per heavy atom. The molecule has 1 saturated heterocycles. The molecule has 0 aromatic heterocycles. The van der Waals surface area contributed by atoms with Crippen LogP contribution in [0.4, 0.5) is 0 Å². The lowest BCUT2D eigenvalue weighted by atomic mass is 9.75. The van der Waals surface area contributed by atoms with Crippen molar-refractivity contribution in [2.45, 2.75) is 19.3 Å². The van der Waals surface area contributed by atoms with Crippen molar-refractivity contribution in [1.82, 2.24) is 10.4 Å². The molecule has 0 bridgehead atoms. The van der Waals surface area contributed by atoms with E-state index in [2.05, 4.69) is 22.4 Å². The largest absolute Gasteiger partial charge is 0.330 e. The van der Waals surface area contributed by atoms with Gasteiger partial charge in [-0.05, 0) is 44.9 Å². The molecule has 2 rings (SSSR count). The van der Waals surface area contributed by atoms with E-state index < -0.39 is 0 Å². The van der Waals surface area contributed by atoms with Crippen molar-refractivity contribution < 1.29 is 4.84 Å². The smallest absolute Gasteiger partial charge is 0.166 e. The van der Waals surface area contributed by atoms with Gasteiger partial charge in [-0.3, -0.25) is 10.3 Å². The first-order valence-corrected chi connectivity index (χ1v) is 5.54. The second-order valence-electron chi connectivity index (χ2n) is 4.66. The summed E-state index contributed by atoms with van der Waals surface area (Å²) in [7, 11) is 2.16. The lowest BCUT2D eigenvalue weighted by Crippen LogP contribution is -2.44. The van der Waals surface area contributed by atoms with Crippen LogP contribution in [0.1, 0.15) is 19.3 Å². The first-order valence-electron chi connectivity index (χ1n) is 5.54. The van der Waals surface area contributed by atoms with Crippen LogP contribution in [-0.2, 0) is 4.84 Å². The van der Waals surface area contributed by atoms with Gasteiger partial charge in [0, 0.05) is 6.42 Å². The van der Waals surface area contributed by atoms with E-state index in [1.165, 1.54) is 0 Å². The van der Waals surface area contributed by atoms with E-state index in [1.54, 1.807) is 0 Å². The number of aliphatic imine (C=N–C) groups is 1. The predicted octanol–water partition coefficient (Wildman–Crippen LogP) is -0.0620. The summed E-state index contributed by atoms with van der Waals surface area (Å²) in [4.78, 5) is 11.6. The molecule has 0 aliphatic carbocycles. The summed E-state index contributed by atoms with van der Waals surface area (Å²) < 4.78 is 0. The van der Waals surface area contributed by atoms with Crippen molar-refractivity contribution >= 4 is 5.84 Å². The third-order valence-electron chi connectivity index (χ3n) is 3.53. The molecule has 15 heavy (non-hydrogen) atoms. The van der Waals surface area contributed by atoms with Crippen LogP contribution >= 0.6 is 0 Å². The zero-order chi connectivity index (χ0) is 10.7. The maximum Gasteiger partial charge on any atom is 0.166 e. The zero-order valence-corrected chi connectivity index (χ0v) is 9.33. The Morgan fingerprint density at radius 1 is 1.53 bits per heavy atom. The van der Waals surface area contributed by atoms with E-state index >= 15 is 0 Å². The van der Waals surface area contributed by atoms with Crippen molar-refractivity contribution in [2.24, 2.45) is 16.1 Å². The number of nitrogens with two attached hydrogens (primary N) is 1. The molecule has 2 aliphatic heterocycles. The topological polar surface area (TPSA) is 62.9 Å². The van der Waals surface area contributed by atoms with E-state index in [4.69, 9.17) is 10.6 Å². The van der Waals surface area contributed by atoms with Crippen molar-refractivity contribution in [3.05, 3.63) is 0 Å². The van der Waals surface area contributed by atoms with Gasteiger partial charge in [0.25, 0.3) is 0 Å². The highest BCUT2D eigenvalue weighted by Crippen LogP contribution is 2.33. The van der Waals surface area contributed by atoms with E-state index in [-0.39, 0.29) is 5.41 Å². The van der Waals surface area contributed by atoms with Crippen LogP contribution < -0.4 is 11.2 Å². The number of nitrogens with one attached hydrogen (secondary N) is 1. The molecule has 0 saturated carbocycles. The number of likely N-dealkylation sites (tertiary alicyclic amines) is 1. The average molecular weight is 212 g/mol. The summed E-state index contributed by atoms with van der Waals surface area (Å²) in [5, 5.41) is 0. The van der Waals surface area contributed by atoms with Crippen LogP contribution in [0.3, 0.4) is 0 Å². The Hall–Kier alpha value is -0.650. The molecule has 5 heteroatoms. The van der Waals surface area contributed by atoms with Crippen molar-refractivity contribution in [2.75, 3.05) is 33.4 Å². The van der Waals surface area contributed by atoms with E-state index in [1.807, 2.05) is 0 Å². The monoisotopic (exact) mass is 212 g/mol. The molecule has 0 unspecified atom stereocenters. The van der Waals surface area contributed by atoms with Gasteiger partial charge in [-0.1, -0.05) is 0 Å². The third kappa shape index (κ3) is 2.48. The van der Waals surface area contributed by atoms with Crippen LogP contribution in [0.25, 0.3) is 0 Å². The summed E-state index contributed by atoms with van der Waals surface area (Å²) >= 11 is 0. The number of hydroxylamine groups is 1. The van der Waals surface area contributed by atoms with Crippen molar-refractivity contribution in [3.8, 4) is 0 Å². The number of hydrogen-bond donors (Lipinski definition) is 2. The fourth-order valence-corrected chi connectivity index (χ4v) is 2.25. The van der Waals surface area contributed by atoms with E-state index in [0.717, 1.165) is 44.7 Å². The lowest BCUT2D eigenvalue weighted by molar-refractivity contribution is 0.106. The first kappa shape index (κ1) is 10.9. The van der Waals surface area contributed by atoms with Crippen LogP contribution in [0.15, 0.2) is 4.99 Å². The molecule has 0 aromatic carbocycles.